The topological polar surface area (TPSA) is 45.0 Å². The molecule has 0 aromatic heterocycles. The minimum atomic E-state index is 0.577. The van der Waals surface area contributed by atoms with Crippen LogP contribution in [0.1, 0.15) is 20.8 Å². The highest BCUT2D eigenvalue weighted by atomic mass is 16.1. The minimum absolute atomic E-state index is 0.577. The van der Waals surface area contributed by atoms with E-state index in [2.05, 4.69) is 9.98 Å². The Balaban J connectivity index is 2.46. The van der Waals surface area contributed by atoms with Gasteiger partial charge >= 0.3 is 0 Å². The molecule has 0 aromatic rings. The van der Waals surface area contributed by atoms with E-state index in [1.54, 1.807) is 0 Å². The number of rotatable bonds is 1. The lowest BCUT2D eigenvalue weighted by molar-refractivity contribution is -0.105. The molecule has 2 aliphatic rings. The predicted molar refractivity (Wildman–Crippen MR) is 59.8 cm³/mol. The fourth-order valence-electron chi connectivity index (χ4n) is 1.70. The second kappa shape index (κ2) is 3.46. The Hall–Kier alpha value is -1.71. The predicted octanol–water partition coefficient (Wildman–Crippen LogP) is 1.51. The van der Waals surface area contributed by atoms with Crippen molar-refractivity contribution in [2.24, 2.45) is 9.98 Å². The molecule has 0 saturated carbocycles. The van der Waals surface area contributed by atoms with Crippen molar-refractivity contribution < 1.29 is 4.79 Å². The lowest BCUT2D eigenvalue weighted by Crippen LogP contribution is -2.36. The molecule has 2 heterocycles. The van der Waals surface area contributed by atoms with Gasteiger partial charge in [-0.3, -0.25) is 4.79 Å². The van der Waals surface area contributed by atoms with Gasteiger partial charge in [-0.2, -0.15) is 0 Å². The number of carbonyl (C=O) groups is 1. The highest BCUT2D eigenvalue weighted by Gasteiger charge is 2.23. The van der Waals surface area contributed by atoms with E-state index in [0.717, 1.165) is 29.0 Å². The number of guanidine groups is 1. The Morgan fingerprint density at radius 1 is 1.33 bits per heavy atom. The van der Waals surface area contributed by atoms with E-state index < -0.39 is 0 Å². The molecule has 4 heteroatoms. The molecule has 0 radical (unpaired) electrons. The number of allylic oxidation sites excluding steroid dienone is 3. The summed E-state index contributed by atoms with van der Waals surface area (Å²) in [5, 5.41) is 0. The van der Waals surface area contributed by atoms with Crippen LogP contribution >= 0.6 is 0 Å². The summed E-state index contributed by atoms with van der Waals surface area (Å²) in [6.07, 6.45) is 2.86. The number of nitrogens with zero attached hydrogens (tertiary/aromatic N) is 3. The van der Waals surface area contributed by atoms with Crippen LogP contribution in [0.25, 0.3) is 0 Å². The van der Waals surface area contributed by atoms with E-state index >= 15 is 0 Å². The van der Waals surface area contributed by atoms with E-state index in [4.69, 9.17) is 0 Å². The molecule has 4 nitrogen and oxygen atoms in total. The van der Waals surface area contributed by atoms with Crippen LogP contribution in [0.3, 0.4) is 0 Å². The quantitative estimate of drug-likeness (QED) is 0.606. The zero-order valence-corrected chi connectivity index (χ0v) is 9.11. The van der Waals surface area contributed by atoms with Crippen molar-refractivity contribution >= 4 is 18.0 Å². The van der Waals surface area contributed by atoms with Gasteiger partial charge in [0.1, 0.15) is 6.29 Å². The van der Waals surface area contributed by atoms with Crippen LogP contribution in [0, 0.1) is 0 Å². The second-order valence-corrected chi connectivity index (χ2v) is 3.77. The minimum Gasteiger partial charge on any atom is -0.310 e. The van der Waals surface area contributed by atoms with Gasteiger partial charge in [-0.05, 0) is 26.8 Å². The Morgan fingerprint density at radius 3 is 2.73 bits per heavy atom. The van der Waals surface area contributed by atoms with Gasteiger partial charge in [-0.1, -0.05) is 0 Å². The van der Waals surface area contributed by atoms with Gasteiger partial charge in [-0.15, -0.1) is 0 Å². The van der Waals surface area contributed by atoms with Crippen LogP contribution in [-0.4, -0.2) is 29.4 Å². The summed E-state index contributed by atoms with van der Waals surface area (Å²) < 4.78 is 0. The van der Waals surface area contributed by atoms with Gasteiger partial charge in [0.15, 0.2) is 0 Å². The average molecular weight is 203 g/mol. The maximum absolute atomic E-state index is 10.8. The zero-order valence-electron chi connectivity index (χ0n) is 9.11. The van der Waals surface area contributed by atoms with Crippen molar-refractivity contribution in [1.29, 1.82) is 0 Å². The van der Waals surface area contributed by atoms with Gasteiger partial charge < -0.3 is 4.90 Å². The lowest BCUT2D eigenvalue weighted by Gasteiger charge is -2.30. The molecule has 2 aliphatic heterocycles. The molecule has 0 unspecified atom stereocenters. The monoisotopic (exact) mass is 203 g/mol. The second-order valence-electron chi connectivity index (χ2n) is 3.77. The van der Waals surface area contributed by atoms with Crippen molar-refractivity contribution in [3.63, 3.8) is 0 Å². The Labute approximate surface area is 88.7 Å². The molecular formula is C11H13N3O. The van der Waals surface area contributed by atoms with Gasteiger partial charge in [-0.25, -0.2) is 9.98 Å². The van der Waals surface area contributed by atoms with E-state index in [-0.39, 0.29) is 0 Å². The summed E-state index contributed by atoms with van der Waals surface area (Å²) in [5.74, 6) is 0.690. The third-order valence-corrected chi connectivity index (χ3v) is 2.56. The van der Waals surface area contributed by atoms with Crippen LogP contribution in [0.15, 0.2) is 33.0 Å². The summed E-state index contributed by atoms with van der Waals surface area (Å²) in [5.41, 5.74) is 3.52. The number of aldehydes is 1. The Kier molecular flexibility index (Phi) is 2.26. The van der Waals surface area contributed by atoms with Crippen molar-refractivity contribution in [2.45, 2.75) is 20.8 Å². The fraction of sp³-hybridized carbons (Fsp3) is 0.364. The molecule has 0 aromatic carbocycles. The first-order valence-electron chi connectivity index (χ1n) is 4.86. The van der Waals surface area contributed by atoms with Gasteiger partial charge in [0.25, 0.3) is 0 Å². The molecule has 0 amide bonds. The first-order chi connectivity index (χ1) is 7.11. The van der Waals surface area contributed by atoms with Crippen molar-refractivity contribution in [2.75, 3.05) is 6.54 Å². The smallest absolute Gasteiger partial charge is 0.230 e. The van der Waals surface area contributed by atoms with E-state index in [1.807, 2.05) is 31.7 Å². The van der Waals surface area contributed by atoms with E-state index in [0.29, 0.717) is 12.5 Å². The van der Waals surface area contributed by atoms with Crippen molar-refractivity contribution in [3.05, 3.63) is 23.0 Å². The Morgan fingerprint density at radius 2 is 2.07 bits per heavy atom. The number of carbonyl (C=O) groups excluding carboxylic acids is 1. The largest absolute Gasteiger partial charge is 0.310 e. The highest BCUT2D eigenvalue weighted by molar-refractivity contribution is 6.06. The molecule has 15 heavy (non-hydrogen) atoms. The molecule has 0 N–H and O–H groups in total. The van der Waals surface area contributed by atoms with Crippen LogP contribution in [0.2, 0.25) is 0 Å². The molecule has 0 aliphatic carbocycles. The molecule has 0 spiro atoms. The first-order valence-corrected chi connectivity index (χ1v) is 4.86. The number of hydrogen-bond acceptors (Lipinski definition) is 4. The summed E-state index contributed by atoms with van der Waals surface area (Å²) in [6, 6.07) is 0. The van der Waals surface area contributed by atoms with Gasteiger partial charge in [0, 0.05) is 22.7 Å². The lowest BCUT2D eigenvalue weighted by atomic mass is 10.1. The molecule has 0 atom stereocenters. The highest BCUT2D eigenvalue weighted by Crippen LogP contribution is 2.21. The van der Waals surface area contributed by atoms with Crippen LogP contribution in [-0.2, 0) is 4.79 Å². The normalized spacial score (nSPS) is 20.5. The number of aliphatic imine (C=N–C) groups is 2. The Bertz CT molecular complexity index is 441. The standard InChI is InChI=1S/C11H13N3O/c1-7-4-8(2)14-5-10(6-15)9(3)13-11(14)12-7/h4,6H,5H2,1-3H3. The fourth-order valence-corrected chi connectivity index (χ4v) is 1.70. The van der Waals surface area contributed by atoms with Crippen LogP contribution in [0.4, 0.5) is 0 Å². The maximum atomic E-state index is 10.8. The summed E-state index contributed by atoms with van der Waals surface area (Å²) in [4.78, 5) is 21.4. The summed E-state index contributed by atoms with van der Waals surface area (Å²) in [7, 11) is 0. The summed E-state index contributed by atoms with van der Waals surface area (Å²) in [6.45, 7) is 6.36. The van der Waals surface area contributed by atoms with Crippen molar-refractivity contribution in [3.8, 4) is 0 Å². The summed E-state index contributed by atoms with van der Waals surface area (Å²) >= 11 is 0. The molecule has 0 saturated heterocycles. The first kappa shape index (κ1) is 9.83. The molecule has 0 fully saturated rings. The van der Waals surface area contributed by atoms with Gasteiger partial charge in [0.2, 0.25) is 5.96 Å². The molecular weight excluding hydrogens is 190 g/mol. The number of hydrogen-bond donors (Lipinski definition) is 0. The molecule has 0 bridgehead atoms. The van der Waals surface area contributed by atoms with E-state index in [9.17, 15) is 4.79 Å². The van der Waals surface area contributed by atoms with Gasteiger partial charge in [0.05, 0.1) is 6.54 Å². The third-order valence-electron chi connectivity index (χ3n) is 2.56. The van der Waals surface area contributed by atoms with Crippen molar-refractivity contribution in [1.82, 2.24) is 4.90 Å². The number of fused-ring (bicyclic) bond motifs is 1. The molecule has 78 valence electrons. The average Bonchev–Trinajstić information content (AvgIpc) is 2.16. The maximum Gasteiger partial charge on any atom is 0.230 e. The molecule has 2 rings (SSSR count). The SMILES string of the molecule is CC1=CC(C)=NC2=NC(C)=C(C=O)CN12. The third kappa shape index (κ3) is 1.63. The van der Waals surface area contributed by atoms with E-state index in [1.165, 1.54) is 0 Å². The zero-order chi connectivity index (χ0) is 11.0. The van der Waals surface area contributed by atoms with Crippen LogP contribution < -0.4 is 0 Å². The van der Waals surface area contributed by atoms with Crippen LogP contribution in [0.5, 0.6) is 0 Å².